The van der Waals surface area contributed by atoms with Gasteiger partial charge in [0, 0.05) is 75.6 Å². The molecule has 614 valence electrons. The van der Waals surface area contributed by atoms with Gasteiger partial charge in [0.25, 0.3) is 0 Å². The molecule has 0 aromatic heterocycles. The Morgan fingerprint density at radius 1 is 0.273 bits per heavy atom. The number of hydrogen-bond donors (Lipinski definition) is 1. The number of terminal acetylenes is 1. The highest BCUT2D eigenvalue weighted by molar-refractivity contribution is 9.11. The van der Waals surface area contributed by atoms with Gasteiger partial charge in [0.05, 0.1) is 5.41 Å². The summed E-state index contributed by atoms with van der Waals surface area (Å²) in [6, 6.07) is 139. The van der Waals surface area contributed by atoms with Crippen molar-refractivity contribution in [3.05, 3.63) is 505 Å². The number of halogens is 7. The summed E-state index contributed by atoms with van der Waals surface area (Å²) in [6.45, 7) is 3.84. The first kappa shape index (κ1) is 86.5. The van der Waals surface area contributed by atoms with Gasteiger partial charge >= 0.3 is 0 Å². The normalized spacial score (nSPS) is 13.0. The number of ketones is 2. The smallest absolute Gasteiger partial charge is 0.194 e. The molecule has 0 saturated carbocycles. The van der Waals surface area contributed by atoms with Crippen LogP contribution in [0.15, 0.2) is 438 Å². The lowest BCUT2D eigenvalue weighted by molar-refractivity contribution is 0.103. The Morgan fingerprint density at radius 3 is 1.09 bits per heavy atom. The summed E-state index contributed by atoms with van der Waals surface area (Å²) in [6.07, 6.45) is 4.72. The van der Waals surface area contributed by atoms with Gasteiger partial charge in [-0.15, -0.1) is 6.42 Å². The lowest BCUT2D eigenvalue weighted by Gasteiger charge is -2.40. The molecule has 0 fully saturated rings. The third-order valence-corrected chi connectivity index (χ3v) is 29.1. The molecule has 0 aliphatic heterocycles. The second kappa shape index (κ2) is 37.6. The third-order valence-electron chi connectivity index (χ3n) is 24.3. The zero-order chi connectivity index (χ0) is 88.3. The van der Waals surface area contributed by atoms with E-state index in [1.54, 1.807) is 6.92 Å². The van der Waals surface area contributed by atoms with Crippen LogP contribution in [0.2, 0.25) is 0 Å². The van der Waals surface area contributed by atoms with Gasteiger partial charge in [-0.2, -0.15) is 0 Å². The molecule has 24 rings (SSSR count). The minimum atomic E-state index is -1.27. The first-order valence-corrected chi connectivity index (χ1v) is 47.3. The molecule has 4 aliphatic rings. The second-order valence-corrected chi connectivity index (χ2v) is 37.2. The molecule has 128 heavy (non-hydrogen) atoms. The van der Waals surface area contributed by atoms with Crippen LogP contribution in [-0.4, -0.2) is 16.7 Å². The van der Waals surface area contributed by atoms with E-state index in [0.29, 0.717) is 0 Å². The van der Waals surface area contributed by atoms with Crippen LogP contribution in [0.3, 0.4) is 0 Å². The molecule has 3 nitrogen and oxygen atoms in total. The summed E-state index contributed by atoms with van der Waals surface area (Å²) in [5.74, 6) is 7.25. The van der Waals surface area contributed by atoms with Crippen LogP contribution in [0.4, 0.5) is 0 Å². The van der Waals surface area contributed by atoms with Crippen LogP contribution in [0.25, 0.3) is 120 Å². The topological polar surface area (TPSA) is 54.4 Å². The van der Waals surface area contributed by atoms with Gasteiger partial charge in [0.1, 0.15) is 5.60 Å². The molecule has 10 heteroatoms. The molecule has 1 atom stereocenters. The molecule has 0 bridgehead atoms. The maximum atomic E-state index is 12.7. The number of aliphatic hydroxyl groups is 1. The van der Waals surface area contributed by atoms with E-state index in [0.717, 1.165) is 131 Å². The molecule has 0 heterocycles. The number of aryl methyl sites for hydroxylation is 1. The van der Waals surface area contributed by atoms with Crippen molar-refractivity contribution in [2.45, 2.75) is 24.9 Å². The molecule has 0 radical (unpaired) electrons. The molecule has 4 aliphatic carbocycles. The van der Waals surface area contributed by atoms with Crippen LogP contribution in [0.1, 0.15) is 83.3 Å². The monoisotopic (exact) mass is 2090 g/mol. The minimum absolute atomic E-state index is 0.0595. The summed E-state index contributed by atoms with van der Waals surface area (Å²) in [4.78, 5) is 25.1. The van der Waals surface area contributed by atoms with E-state index in [4.69, 9.17) is 6.42 Å². The van der Waals surface area contributed by atoms with Gasteiger partial charge in [-0.1, -0.05) is 481 Å². The molecule has 1 unspecified atom stereocenters. The van der Waals surface area contributed by atoms with Crippen molar-refractivity contribution in [3.63, 3.8) is 0 Å². The highest BCUT2D eigenvalue weighted by Gasteiger charge is 2.50. The number of fused-ring (bicyclic) bond motifs is 16. The number of hydrogen-bond acceptors (Lipinski definition) is 3. The van der Waals surface area contributed by atoms with Crippen molar-refractivity contribution in [1.82, 2.24) is 0 Å². The first-order chi connectivity index (χ1) is 62.5. The van der Waals surface area contributed by atoms with Gasteiger partial charge in [-0.05, 0) is 211 Å². The third kappa shape index (κ3) is 15.8. The standard InChI is InChI=1S/C29H19BrO.C29H17Br.C17H9BrO.C17H11BrO.C11H9Br.C10H6Br2.C5H4/c30-27-18-17-22-21-12-5-7-15-25(21)29(31,26-16-8-13-23(27)28(22)26)24-14-6-4-11-20(24)19-9-2-1-3-10-19;30-27-17-16-21-20-10-3-6-14-25(20)29(26-15-7-11-22(27)28(21)26)23-12-4-1-8-18(23)19-9-2-5-13-24(19)29;18-15-9-8-11-10-4-1-2-5-12(10)17(19)14-7-3-6-13(15)16(11)14;18-16-11-5-8-13-14(16)9-4-10-15(13)17(19)12-6-2-1-3-7-12;1-8-4-2-6-10-9(8)5-3-7-11(10)12;11-9-5-1-3-7-8(9)4-2-6-10(7)12;1-3-5-4-2/h1-18,31H;1-17H;1-9H;1-11H;2-7H,1H3;1-6H;1H,2H3. The van der Waals surface area contributed by atoms with E-state index in [1.807, 2.05) is 176 Å². The van der Waals surface area contributed by atoms with Crippen LogP contribution in [-0.2, 0) is 11.0 Å². The number of rotatable bonds is 4. The summed E-state index contributed by atoms with van der Waals surface area (Å²) in [5, 5.41) is 26.8. The molecule has 20 aromatic carbocycles. The average molecular weight is 2100 g/mol. The molecule has 0 amide bonds. The zero-order valence-electron chi connectivity index (χ0n) is 69.2. The molecule has 0 saturated heterocycles. The minimum Gasteiger partial charge on any atom is -0.376 e. The predicted octanol–water partition coefficient (Wildman–Crippen LogP) is 34.0. The van der Waals surface area contributed by atoms with E-state index >= 15 is 0 Å². The number of benzene rings is 20. The SMILES string of the molecule is Brc1ccc2c3c(cccc13)C1(c3ccccc3-c3ccccc31)c1ccccc1-2.Brc1cccc2c(Br)cccc12.C#CC#CC.Cc1cccc2c(Br)cccc12.O=C(c1ccccc1)c1cccc2c(Br)cccc12.O=C1c2ccccc2-c2ccc(Br)c3cccc1c23.OC1(c2ccccc2-c2ccccc2)c2ccccc2-c2ccc(Br)c3cccc1c23. The van der Waals surface area contributed by atoms with Crippen LogP contribution in [0, 0.1) is 31.1 Å². The van der Waals surface area contributed by atoms with Gasteiger partial charge < -0.3 is 5.11 Å². The van der Waals surface area contributed by atoms with E-state index in [2.05, 4.69) is 367 Å². The highest BCUT2D eigenvalue weighted by Crippen LogP contribution is 2.62. The fourth-order valence-corrected chi connectivity index (χ4v) is 22.1. The van der Waals surface area contributed by atoms with Gasteiger partial charge in [-0.3, -0.25) is 9.59 Å². The Balaban J connectivity index is 0.000000106. The summed E-state index contributed by atoms with van der Waals surface area (Å²) in [7, 11) is 0. The Labute approximate surface area is 803 Å². The van der Waals surface area contributed by atoms with Gasteiger partial charge in [0.2, 0.25) is 0 Å². The van der Waals surface area contributed by atoms with E-state index in [9.17, 15) is 14.7 Å². The lowest BCUT2D eigenvalue weighted by Crippen LogP contribution is -2.32. The molecule has 20 aromatic rings. The molecule has 1 spiro atoms. The van der Waals surface area contributed by atoms with Crippen molar-refractivity contribution >= 4 is 188 Å². The largest absolute Gasteiger partial charge is 0.376 e. The molecule has 1 N–H and O–H groups in total. The summed E-state index contributed by atoms with van der Waals surface area (Å²) in [5.41, 5.74) is 23.0. The maximum absolute atomic E-state index is 12.7. The quantitative estimate of drug-likeness (QED) is 0.141. The molecular formula is C118H75Br7O3. The Bertz CT molecular complexity index is 7700. The fourth-order valence-electron chi connectivity index (χ4n) is 18.7. The van der Waals surface area contributed by atoms with E-state index < -0.39 is 5.60 Å². The second-order valence-electron chi connectivity index (χ2n) is 31.2. The zero-order valence-corrected chi connectivity index (χ0v) is 80.3. The number of carbonyl (C=O) groups excluding carboxylic acids is 2. The van der Waals surface area contributed by atoms with Crippen molar-refractivity contribution in [3.8, 4) is 79.8 Å². The van der Waals surface area contributed by atoms with Crippen LogP contribution in [0.5, 0.6) is 0 Å². The van der Waals surface area contributed by atoms with Gasteiger partial charge in [-0.25, -0.2) is 0 Å². The number of carbonyl (C=O) groups is 2. The summed E-state index contributed by atoms with van der Waals surface area (Å²) >= 11 is 25.2. The van der Waals surface area contributed by atoms with Crippen molar-refractivity contribution in [1.29, 1.82) is 0 Å². The Hall–Kier alpha value is -12.3. The van der Waals surface area contributed by atoms with E-state index in [-0.39, 0.29) is 17.0 Å². The van der Waals surface area contributed by atoms with Crippen LogP contribution >= 0.6 is 112 Å². The van der Waals surface area contributed by atoms with Gasteiger partial charge in [0.15, 0.2) is 11.6 Å². The first-order valence-electron chi connectivity index (χ1n) is 41.7. The Morgan fingerprint density at radius 2 is 0.594 bits per heavy atom. The summed E-state index contributed by atoms with van der Waals surface area (Å²) < 4.78 is 7.67. The molecular weight excluding hydrogens is 2020 g/mol. The van der Waals surface area contributed by atoms with Crippen molar-refractivity contribution in [2.24, 2.45) is 0 Å². The maximum Gasteiger partial charge on any atom is 0.194 e. The fraction of sp³-hybridized carbons (Fsp3) is 0.0339. The highest BCUT2D eigenvalue weighted by atomic mass is 79.9. The van der Waals surface area contributed by atoms with Crippen LogP contribution < -0.4 is 0 Å². The predicted molar refractivity (Wildman–Crippen MR) is 559 cm³/mol. The lowest BCUT2D eigenvalue weighted by atomic mass is 9.61. The van der Waals surface area contributed by atoms with Crippen molar-refractivity contribution < 1.29 is 14.7 Å². The Kier molecular flexibility index (Phi) is 25.4. The van der Waals surface area contributed by atoms with Crippen molar-refractivity contribution in [2.75, 3.05) is 0 Å². The average Bonchev–Trinajstić information content (AvgIpc) is 1.43. The van der Waals surface area contributed by atoms with E-state index in [1.165, 1.54) is 86.9 Å².